The summed E-state index contributed by atoms with van der Waals surface area (Å²) >= 11 is 0. The zero-order valence-electron chi connectivity index (χ0n) is 12.8. The summed E-state index contributed by atoms with van der Waals surface area (Å²) in [5.74, 6) is 0.191. The van der Waals surface area contributed by atoms with Gasteiger partial charge < -0.3 is 10.0 Å². The van der Waals surface area contributed by atoms with Crippen molar-refractivity contribution in [2.75, 3.05) is 13.6 Å². The van der Waals surface area contributed by atoms with Crippen molar-refractivity contribution in [3.8, 4) is 0 Å². The van der Waals surface area contributed by atoms with E-state index in [0.717, 1.165) is 38.5 Å². The van der Waals surface area contributed by atoms with Crippen molar-refractivity contribution < 1.29 is 9.90 Å². The Kier molecular flexibility index (Phi) is 7.44. The Bertz CT molecular complexity index is 259. The number of unbranched alkanes of at least 4 members (excludes halogenated alkanes) is 5. The van der Waals surface area contributed by atoms with Crippen molar-refractivity contribution in [3.05, 3.63) is 0 Å². The Morgan fingerprint density at radius 3 is 2.32 bits per heavy atom. The molecule has 0 unspecified atom stereocenters. The molecule has 0 aromatic heterocycles. The van der Waals surface area contributed by atoms with Crippen LogP contribution in [0.5, 0.6) is 0 Å². The number of carbonyl (C=O) groups excluding carboxylic acids is 1. The van der Waals surface area contributed by atoms with Gasteiger partial charge in [-0.2, -0.15) is 0 Å². The summed E-state index contributed by atoms with van der Waals surface area (Å²) in [7, 11) is 1.83. The van der Waals surface area contributed by atoms with E-state index in [1.54, 1.807) is 4.90 Å². The quantitative estimate of drug-likeness (QED) is 0.651. The third-order valence-corrected chi connectivity index (χ3v) is 4.24. The van der Waals surface area contributed by atoms with Gasteiger partial charge in [0.25, 0.3) is 0 Å². The highest BCUT2D eigenvalue weighted by Crippen LogP contribution is 2.30. The number of hydrogen-bond acceptors (Lipinski definition) is 2. The second-order valence-corrected chi connectivity index (χ2v) is 6.20. The highest BCUT2D eigenvalue weighted by atomic mass is 16.3. The number of nitrogens with zero attached hydrogens (tertiary/aromatic N) is 1. The topological polar surface area (TPSA) is 40.5 Å². The lowest BCUT2D eigenvalue weighted by Gasteiger charge is -2.28. The number of rotatable bonds is 9. The molecule has 1 saturated carbocycles. The minimum Gasteiger partial charge on any atom is -0.388 e. The van der Waals surface area contributed by atoms with Crippen LogP contribution in [0.1, 0.15) is 77.6 Å². The molecule has 0 radical (unpaired) electrons. The average Bonchev–Trinajstić information content (AvgIpc) is 2.79. The van der Waals surface area contributed by atoms with Crippen molar-refractivity contribution >= 4 is 5.91 Å². The van der Waals surface area contributed by atoms with Crippen LogP contribution in [-0.4, -0.2) is 35.1 Å². The Hall–Kier alpha value is -0.570. The van der Waals surface area contributed by atoms with Crippen molar-refractivity contribution in [1.29, 1.82) is 0 Å². The summed E-state index contributed by atoms with van der Waals surface area (Å²) in [5.41, 5.74) is -0.606. The van der Waals surface area contributed by atoms with Gasteiger partial charge in [0.2, 0.25) is 5.91 Å². The summed E-state index contributed by atoms with van der Waals surface area (Å²) in [5, 5.41) is 10.3. The second kappa shape index (κ2) is 8.57. The van der Waals surface area contributed by atoms with E-state index in [1.807, 2.05) is 7.05 Å². The van der Waals surface area contributed by atoms with Gasteiger partial charge in [-0.05, 0) is 19.3 Å². The first-order valence-corrected chi connectivity index (χ1v) is 8.04. The molecule has 19 heavy (non-hydrogen) atoms. The van der Waals surface area contributed by atoms with E-state index in [0.29, 0.717) is 13.0 Å². The lowest BCUT2D eigenvalue weighted by molar-refractivity contribution is -0.133. The number of likely N-dealkylation sites (N-methyl/N-ethyl adjacent to an activating group) is 1. The highest BCUT2D eigenvalue weighted by Gasteiger charge is 2.33. The molecule has 0 heterocycles. The predicted octanol–water partition coefficient (Wildman–Crippen LogP) is 3.50. The van der Waals surface area contributed by atoms with Gasteiger partial charge in [0.1, 0.15) is 0 Å². The van der Waals surface area contributed by atoms with Crippen LogP contribution >= 0.6 is 0 Å². The van der Waals surface area contributed by atoms with Crippen molar-refractivity contribution in [2.24, 2.45) is 0 Å². The zero-order chi connectivity index (χ0) is 14.1. The van der Waals surface area contributed by atoms with Crippen LogP contribution in [0.3, 0.4) is 0 Å². The maximum atomic E-state index is 12.0. The van der Waals surface area contributed by atoms with Gasteiger partial charge in [-0.3, -0.25) is 4.79 Å². The van der Waals surface area contributed by atoms with Gasteiger partial charge in [-0.15, -0.1) is 0 Å². The third kappa shape index (κ3) is 6.42. The molecule has 0 spiro atoms. The van der Waals surface area contributed by atoms with E-state index in [-0.39, 0.29) is 5.91 Å². The molecule has 3 nitrogen and oxygen atoms in total. The van der Waals surface area contributed by atoms with E-state index in [2.05, 4.69) is 6.92 Å². The molecular weight excluding hydrogens is 238 g/mol. The van der Waals surface area contributed by atoms with E-state index >= 15 is 0 Å². The molecule has 1 aliphatic rings. The number of aliphatic hydroxyl groups is 1. The van der Waals surface area contributed by atoms with Crippen LogP contribution in [0.4, 0.5) is 0 Å². The number of amides is 1. The fourth-order valence-electron chi connectivity index (χ4n) is 2.97. The van der Waals surface area contributed by atoms with Gasteiger partial charge in [-0.1, -0.05) is 51.9 Å². The van der Waals surface area contributed by atoms with E-state index in [1.165, 1.54) is 25.7 Å². The first kappa shape index (κ1) is 16.5. The molecule has 3 heteroatoms. The van der Waals surface area contributed by atoms with E-state index in [4.69, 9.17) is 0 Å². The minimum atomic E-state index is -0.606. The standard InChI is InChI=1S/C16H31NO2/c1-3-4-5-6-7-8-11-15(18)17(2)14-16(19)12-9-10-13-16/h19H,3-14H2,1-2H3. The molecule has 0 bridgehead atoms. The monoisotopic (exact) mass is 269 g/mol. The van der Waals surface area contributed by atoms with Crippen LogP contribution in [0.2, 0.25) is 0 Å². The average molecular weight is 269 g/mol. The fourth-order valence-corrected chi connectivity index (χ4v) is 2.97. The molecule has 1 aliphatic carbocycles. The summed E-state index contributed by atoms with van der Waals surface area (Å²) in [6.45, 7) is 2.73. The van der Waals surface area contributed by atoms with E-state index in [9.17, 15) is 9.90 Å². The molecule has 1 fully saturated rings. The lowest BCUT2D eigenvalue weighted by atomic mass is 10.0. The first-order valence-electron chi connectivity index (χ1n) is 8.04. The fraction of sp³-hybridized carbons (Fsp3) is 0.938. The van der Waals surface area contributed by atoms with Crippen LogP contribution < -0.4 is 0 Å². The van der Waals surface area contributed by atoms with E-state index < -0.39 is 5.60 Å². The maximum absolute atomic E-state index is 12.0. The van der Waals surface area contributed by atoms with Crippen LogP contribution in [0, 0.1) is 0 Å². The Labute approximate surface area is 118 Å². The van der Waals surface area contributed by atoms with Gasteiger partial charge in [0.15, 0.2) is 0 Å². The summed E-state index contributed by atoms with van der Waals surface area (Å²) in [4.78, 5) is 13.7. The molecule has 0 atom stereocenters. The highest BCUT2D eigenvalue weighted by molar-refractivity contribution is 5.75. The second-order valence-electron chi connectivity index (χ2n) is 6.20. The molecule has 0 saturated heterocycles. The molecule has 0 aliphatic heterocycles. The van der Waals surface area contributed by atoms with Gasteiger partial charge in [-0.25, -0.2) is 0 Å². The molecule has 1 amide bonds. The normalized spacial score (nSPS) is 17.6. The molecule has 112 valence electrons. The first-order chi connectivity index (χ1) is 9.07. The van der Waals surface area contributed by atoms with Crippen molar-refractivity contribution in [2.45, 2.75) is 83.2 Å². The van der Waals surface area contributed by atoms with Gasteiger partial charge in [0.05, 0.1) is 5.60 Å². The van der Waals surface area contributed by atoms with Gasteiger partial charge >= 0.3 is 0 Å². The van der Waals surface area contributed by atoms with Gasteiger partial charge in [0, 0.05) is 20.0 Å². The Morgan fingerprint density at radius 1 is 1.11 bits per heavy atom. The molecule has 0 aromatic carbocycles. The SMILES string of the molecule is CCCCCCCCC(=O)N(C)CC1(O)CCCC1. The molecule has 0 aromatic rings. The minimum absolute atomic E-state index is 0.191. The third-order valence-electron chi connectivity index (χ3n) is 4.24. The van der Waals surface area contributed by atoms with Crippen LogP contribution in [-0.2, 0) is 4.79 Å². The van der Waals surface area contributed by atoms with Crippen LogP contribution in [0.15, 0.2) is 0 Å². The van der Waals surface area contributed by atoms with Crippen molar-refractivity contribution in [1.82, 2.24) is 4.90 Å². The lowest BCUT2D eigenvalue weighted by Crippen LogP contribution is -2.41. The molecule has 1 N–H and O–H groups in total. The number of hydrogen-bond donors (Lipinski definition) is 1. The predicted molar refractivity (Wildman–Crippen MR) is 79.0 cm³/mol. The maximum Gasteiger partial charge on any atom is 0.222 e. The van der Waals surface area contributed by atoms with Crippen LogP contribution in [0.25, 0.3) is 0 Å². The summed E-state index contributed by atoms with van der Waals surface area (Å²) in [6, 6.07) is 0. The van der Waals surface area contributed by atoms with Crippen molar-refractivity contribution in [3.63, 3.8) is 0 Å². The smallest absolute Gasteiger partial charge is 0.222 e. The largest absolute Gasteiger partial charge is 0.388 e. The molecule has 1 rings (SSSR count). The molecular formula is C16H31NO2. The zero-order valence-corrected chi connectivity index (χ0v) is 12.8. The Morgan fingerprint density at radius 2 is 1.68 bits per heavy atom. The number of carbonyl (C=O) groups is 1. The summed E-state index contributed by atoms with van der Waals surface area (Å²) in [6.07, 6.45) is 11.8. The Balaban J connectivity index is 2.11. The summed E-state index contributed by atoms with van der Waals surface area (Å²) < 4.78 is 0.